The van der Waals surface area contributed by atoms with Gasteiger partial charge in [0.1, 0.15) is 17.7 Å². The first-order chi connectivity index (χ1) is 16.1. The number of morpholine rings is 1. The number of carbonyl (C=O) groups excluding carboxylic acids is 1. The summed E-state index contributed by atoms with van der Waals surface area (Å²) in [5.41, 5.74) is 1.86. The molecule has 0 aliphatic carbocycles. The topological polar surface area (TPSA) is 92.7 Å². The maximum atomic E-state index is 13.0. The molecular weight excluding hydrogens is 420 g/mol. The van der Waals surface area contributed by atoms with E-state index in [1.165, 1.54) is 0 Å². The second-order valence-corrected chi connectivity index (χ2v) is 7.87. The Morgan fingerprint density at radius 2 is 2.03 bits per heavy atom. The van der Waals surface area contributed by atoms with Crippen LogP contribution in [0.4, 0.5) is 11.8 Å². The first-order valence-electron chi connectivity index (χ1n) is 10.8. The van der Waals surface area contributed by atoms with E-state index in [0.29, 0.717) is 44.6 Å². The number of nitrogens with one attached hydrogen (secondary N) is 1. The Balaban J connectivity index is 1.35. The van der Waals surface area contributed by atoms with Crippen molar-refractivity contribution < 1.29 is 14.3 Å². The molecule has 0 radical (unpaired) electrons. The number of anilines is 2. The number of benzene rings is 1. The molecule has 1 saturated heterocycles. The average Bonchev–Trinajstić information content (AvgIpc) is 2.85. The van der Waals surface area contributed by atoms with Gasteiger partial charge < -0.3 is 19.7 Å². The van der Waals surface area contributed by atoms with Crippen molar-refractivity contribution in [1.82, 2.24) is 24.8 Å². The minimum Gasteiger partial charge on any atom is -0.497 e. The van der Waals surface area contributed by atoms with Gasteiger partial charge in [-0.2, -0.15) is 0 Å². The minimum atomic E-state index is -0.287. The molecule has 1 aliphatic heterocycles. The summed E-state index contributed by atoms with van der Waals surface area (Å²) in [4.78, 5) is 29.8. The molecular formula is C24H28N6O3. The van der Waals surface area contributed by atoms with E-state index in [2.05, 4.69) is 20.3 Å². The lowest BCUT2D eigenvalue weighted by atomic mass is 10.1. The van der Waals surface area contributed by atoms with Crippen molar-refractivity contribution in [3.8, 4) is 5.75 Å². The van der Waals surface area contributed by atoms with Crippen molar-refractivity contribution in [2.45, 2.75) is 12.6 Å². The first-order valence-corrected chi connectivity index (χ1v) is 10.8. The molecule has 2 aromatic heterocycles. The van der Waals surface area contributed by atoms with Gasteiger partial charge in [-0.15, -0.1) is 0 Å². The fourth-order valence-electron chi connectivity index (χ4n) is 3.70. The van der Waals surface area contributed by atoms with Gasteiger partial charge in [-0.1, -0.05) is 18.2 Å². The van der Waals surface area contributed by atoms with Gasteiger partial charge in [-0.05, 0) is 42.9 Å². The Hall–Kier alpha value is -3.56. The molecule has 1 aliphatic rings. The van der Waals surface area contributed by atoms with Crippen LogP contribution in [0.2, 0.25) is 0 Å². The molecule has 1 atom stereocenters. The Kier molecular flexibility index (Phi) is 7.43. The van der Waals surface area contributed by atoms with Crippen molar-refractivity contribution in [2.75, 3.05) is 45.7 Å². The Morgan fingerprint density at radius 1 is 1.21 bits per heavy atom. The lowest BCUT2D eigenvalue weighted by molar-refractivity contribution is -0.140. The van der Waals surface area contributed by atoms with Gasteiger partial charge >= 0.3 is 0 Å². The molecule has 172 valence electrons. The maximum absolute atomic E-state index is 13.0. The van der Waals surface area contributed by atoms with Gasteiger partial charge in [0, 0.05) is 25.5 Å². The van der Waals surface area contributed by atoms with E-state index in [1.54, 1.807) is 25.6 Å². The van der Waals surface area contributed by atoms with Crippen LogP contribution in [0.1, 0.15) is 17.4 Å². The molecule has 0 bridgehead atoms. The van der Waals surface area contributed by atoms with Gasteiger partial charge in [0.25, 0.3) is 0 Å². The summed E-state index contributed by atoms with van der Waals surface area (Å²) in [5, 5.41) is 3.09. The van der Waals surface area contributed by atoms with Crippen molar-refractivity contribution in [2.24, 2.45) is 0 Å². The number of pyridine rings is 1. The monoisotopic (exact) mass is 448 g/mol. The van der Waals surface area contributed by atoms with Crippen molar-refractivity contribution in [3.63, 3.8) is 0 Å². The summed E-state index contributed by atoms with van der Waals surface area (Å²) in [7, 11) is 3.59. The van der Waals surface area contributed by atoms with Gasteiger partial charge in [0.15, 0.2) is 0 Å². The number of ether oxygens (including phenoxy) is 2. The number of carbonyl (C=O) groups is 1. The summed E-state index contributed by atoms with van der Waals surface area (Å²) in [6.45, 7) is 2.48. The van der Waals surface area contributed by atoms with Gasteiger partial charge in [0.05, 0.1) is 32.5 Å². The largest absolute Gasteiger partial charge is 0.497 e. The van der Waals surface area contributed by atoms with E-state index in [9.17, 15) is 4.79 Å². The summed E-state index contributed by atoms with van der Waals surface area (Å²) in [5.74, 6) is 1.98. The van der Waals surface area contributed by atoms with E-state index in [0.717, 1.165) is 17.0 Å². The van der Waals surface area contributed by atoms with E-state index in [4.69, 9.17) is 9.47 Å². The third-order valence-corrected chi connectivity index (χ3v) is 5.32. The molecule has 1 amide bonds. The zero-order chi connectivity index (χ0) is 23.0. The summed E-state index contributed by atoms with van der Waals surface area (Å²) in [6.07, 6.45) is 3.04. The predicted octanol–water partition coefficient (Wildman–Crippen LogP) is 2.66. The molecule has 1 N–H and O–H groups in total. The molecule has 1 fully saturated rings. The lowest BCUT2D eigenvalue weighted by Gasteiger charge is -2.33. The van der Waals surface area contributed by atoms with Crippen LogP contribution in [0.25, 0.3) is 0 Å². The van der Waals surface area contributed by atoms with Crippen LogP contribution in [-0.4, -0.2) is 71.1 Å². The Labute approximate surface area is 193 Å². The second kappa shape index (κ2) is 10.8. The highest BCUT2D eigenvalue weighted by Crippen LogP contribution is 2.23. The second-order valence-electron chi connectivity index (χ2n) is 7.87. The van der Waals surface area contributed by atoms with Crippen molar-refractivity contribution >= 4 is 17.7 Å². The van der Waals surface area contributed by atoms with Gasteiger partial charge in [0.2, 0.25) is 11.9 Å². The number of nitrogens with zero attached hydrogens (tertiary/aromatic N) is 5. The Morgan fingerprint density at radius 3 is 2.85 bits per heavy atom. The predicted molar refractivity (Wildman–Crippen MR) is 124 cm³/mol. The van der Waals surface area contributed by atoms with Crippen LogP contribution in [0.5, 0.6) is 5.75 Å². The van der Waals surface area contributed by atoms with Crippen LogP contribution in [-0.2, 0) is 16.1 Å². The van der Waals surface area contributed by atoms with Crippen molar-refractivity contribution in [1.29, 1.82) is 0 Å². The van der Waals surface area contributed by atoms with Crippen molar-refractivity contribution in [3.05, 3.63) is 72.2 Å². The maximum Gasteiger partial charge on any atom is 0.236 e. The van der Waals surface area contributed by atoms with Crippen LogP contribution in [0.15, 0.2) is 60.9 Å². The van der Waals surface area contributed by atoms with Gasteiger partial charge in [-0.3, -0.25) is 9.69 Å². The molecule has 3 heterocycles. The van der Waals surface area contributed by atoms with Gasteiger partial charge in [-0.25, -0.2) is 15.0 Å². The quantitative estimate of drug-likeness (QED) is 0.562. The summed E-state index contributed by atoms with van der Waals surface area (Å²) >= 11 is 0. The Bertz CT molecular complexity index is 1060. The number of methoxy groups -OCH3 is 1. The smallest absolute Gasteiger partial charge is 0.236 e. The zero-order valence-corrected chi connectivity index (χ0v) is 18.8. The fourth-order valence-corrected chi connectivity index (χ4v) is 3.70. The molecule has 33 heavy (non-hydrogen) atoms. The molecule has 0 saturated carbocycles. The SMILES string of the molecule is COc1cccc(CN(C)CC(=O)N2CCO[C@H](c3cccc(Nc4ncccn4)n3)C2)c1. The number of aromatic nitrogens is 3. The third kappa shape index (κ3) is 6.24. The average molecular weight is 449 g/mol. The molecule has 9 heteroatoms. The number of hydrogen-bond acceptors (Lipinski definition) is 8. The number of amides is 1. The van der Waals surface area contributed by atoms with E-state index < -0.39 is 0 Å². The molecule has 3 aromatic rings. The van der Waals surface area contributed by atoms with E-state index in [1.807, 2.05) is 59.3 Å². The van der Waals surface area contributed by atoms with E-state index >= 15 is 0 Å². The molecule has 9 nitrogen and oxygen atoms in total. The highest BCUT2D eigenvalue weighted by atomic mass is 16.5. The van der Waals surface area contributed by atoms with E-state index in [-0.39, 0.29) is 12.0 Å². The van der Waals surface area contributed by atoms with Crippen LogP contribution in [0, 0.1) is 0 Å². The number of rotatable bonds is 8. The van der Waals surface area contributed by atoms with Crippen LogP contribution >= 0.6 is 0 Å². The zero-order valence-electron chi connectivity index (χ0n) is 18.8. The highest BCUT2D eigenvalue weighted by molar-refractivity contribution is 5.78. The number of hydrogen-bond donors (Lipinski definition) is 1. The third-order valence-electron chi connectivity index (χ3n) is 5.32. The highest BCUT2D eigenvalue weighted by Gasteiger charge is 2.27. The summed E-state index contributed by atoms with van der Waals surface area (Å²) < 4.78 is 11.2. The lowest BCUT2D eigenvalue weighted by Crippen LogP contribution is -2.46. The van der Waals surface area contributed by atoms with Crippen LogP contribution in [0.3, 0.4) is 0 Å². The molecule has 0 unspecified atom stereocenters. The fraction of sp³-hybridized carbons (Fsp3) is 0.333. The standard InChI is InChI=1S/C24H28N6O3/c1-29(15-18-6-3-7-19(14-18)32-2)17-23(31)30-12-13-33-21(16-30)20-8-4-9-22(27-20)28-24-25-10-5-11-26-24/h3-11,14,21H,12-13,15-17H2,1-2H3,(H,25,26,27,28)/t21-/m0/s1. The summed E-state index contributed by atoms with van der Waals surface area (Å²) in [6, 6.07) is 15.3. The molecule has 0 spiro atoms. The normalized spacial score (nSPS) is 16.0. The minimum absolute atomic E-state index is 0.0701. The first kappa shape index (κ1) is 22.6. The molecule has 1 aromatic carbocycles. The number of likely N-dealkylation sites (N-methyl/N-ethyl adjacent to an activating group) is 1. The molecule has 4 rings (SSSR count). The van der Waals surface area contributed by atoms with Crippen LogP contribution < -0.4 is 10.1 Å².